The Balaban J connectivity index is 1.65. The number of hydrogen-bond donors (Lipinski definition) is 0. The molecule has 3 atom stereocenters. The van der Waals surface area contributed by atoms with Crippen molar-refractivity contribution < 1.29 is 17.7 Å². The second-order valence-corrected chi connectivity index (χ2v) is 7.56. The third-order valence-corrected chi connectivity index (χ3v) is 5.89. The lowest BCUT2D eigenvalue weighted by molar-refractivity contribution is 0.0251. The Kier molecular flexibility index (Phi) is 3.55. The number of nitrogens with zero attached hydrogens (tertiary/aromatic N) is 3. The zero-order valence-electron chi connectivity index (χ0n) is 11.7. The molecule has 3 heterocycles. The molecule has 0 aliphatic carbocycles. The Bertz CT molecular complexity index is 571. The normalized spacial score (nSPS) is 30.8. The van der Waals surface area contributed by atoms with Gasteiger partial charge in [-0.25, -0.2) is 8.42 Å². The second-order valence-electron chi connectivity index (χ2n) is 5.47. The van der Waals surface area contributed by atoms with Crippen LogP contribution in [0.3, 0.4) is 0 Å². The van der Waals surface area contributed by atoms with Crippen LogP contribution in [0.15, 0.2) is 4.52 Å². The van der Waals surface area contributed by atoms with Gasteiger partial charge in [0.2, 0.25) is 10.0 Å². The van der Waals surface area contributed by atoms with Gasteiger partial charge in [0.25, 0.3) is 5.89 Å². The molecule has 0 amide bonds. The van der Waals surface area contributed by atoms with Crippen LogP contribution in [-0.2, 0) is 14.8 Å². The highest BCUT2D eigenvalue weighted by atomic mass is 32.2. The number of fused-ring (bicyclic) bond motifs is 1. The van der Waals surface area contributed by atoms with Crippen LogP contribution in [0.5, 0.6) is 0 Å². The van der Waals surface area contributed by atoms with Gasteiger partial charge in [-0.15, -0.1) is 0 Å². The molecule has 0 aromatic carbocycles. The fourth-order valence-corrected chi connectivity index (χ4v) is 4.51. The molecule has 3 rings (SSSR count). The van der Waals surface area contributed by atoms with Gasteiger partial charge in [-0.3, -0.25) is 0 Å². The fraction of sp³-hybridized carbons (Fsp3) is 0.833. The van der Waals surface area contributed by atoms with Crippen LogP contribution >= 0.6 is 0 Å². The molecule has 7 nitrogen and oxygen atoms in total. The molecule has 1 aromatic rings. The second kappa shape index (κ2) is 5.09. The predicted molar refractivity (Wildman–Crippen MR) is 70.4 cm³/mol. The van der Waals surface area contributed by atoms with E-state index < -0.39 is 10.0 Å². The van der Waals surface area contributed by atoms with Crippen LogP contribution in [0.25, 0.3) is 0 Å². The molecule has 0 radical (unpaired) electrons. The van der Waals surface area contributed by atoms with Crippen molar-refractivity contribution in [1.29, 1.82) is 0 Å². The van der Waals surface area contributed by atoms with Crippen molar-refractivity contribution in [3.8, 4) is 0 Å². The highest BCUT2D eigenvalue weighted by Gasteiger charge is 2.46. The fourth-order valence-electron chi connectivity index (χ4n) is 2.94. The van der Waals surface area contributed by atoms with E-state index in [1.54, 1.807) is 11.2 Å². The summed E-state index contributed by atoms with van der Waals surface area (Å²) in [5.74, 6) is 1.52. The first-order chi connectivity index (χ1) is 9.49. The molecule has 2 aliphatic rings. The standard InChI is InChI=1S/C12H19N3O4S/c1-3-4-20(16,17)15-6-9-5-10(18-11(9)7-15)12-13-8(2)14-19-12/h9-11H,3-7H2,1-2H3/t9-,10-,11+/m0/s1. The lowest BCUT2D eigenvalue weighted by atomic mass is 10.0. The van der Waals surface area contributed by atoms with Crippen LogP contribution in [-0.4, -0.2) is 47.8 Å². The van der Waals surface area contributed by atoms with Crippen molar-refractivity contribution in [3.05, 3.63) is 11.7 Å². The van der Waals surface area contributed by atoms with Crippen molar-refractivity contribution in [1.82, 2.24) is 14.4 Å². The summed E-state index contributed by atoms with van der Waals surface area (Å²) in [7, 11) is -3.13. The van der Waals surface area contributed by atoms with Crippen molar-refractivity contribution in [3.63, 3.8) is 0 Å². The maximum Gasteiger partial charge on any atom is 0.255 e. The highest BCUT2D eigenvalue weighted by Crippen LogP contribution is 2.41. The van der Waals surface area contributed by atoms with E-state index in [-0.39, 0.29) is 23.9 Å². The quantitative estimate of drug-likeness (QED) is 0.820. The van der Waals surface area contributed by atoms with Crippen LogP contribution in [0.4, 0.5) is 0 Å². The summed E-state index contributed by atoms with van der Waals surface area (Å²) in [6.07, 6.45) is 1.13. The first-order valence-corrected chi connectivity index (χ1v) is 8.54. The Morgan fingerprint density at radius 2 is 2.20 bits per heavy atom. The van der Waals surface area contributed by atoms with E-state index >= 15 is 0 Å². The van der Waals surface area contributed by atoms with Crippen molar-refractivity contribution >= 4 is 10.0 Å². The summed E-state index contributed by atoms with van der Waals surface area (Å²) in [4.78, 5) is 4.18. The van der Waals surface area contributed by atoms with Crippen LogP contribution < -0.4 is 0 Å². The number of sulfonamides is 1. The molecule has 2 fully saturated rings. The lowest BCUT2D eigenvalue weighted by Crippen LogP contribution is -2.32. The van der Waals surface area contributed by atoms with E-state index in [1.165, 1.54) is 0 Å². The van der Waals surface area contributed by atoms with Gasteiger partial charge in [0.05, 0.1) is 11.9 Å². The minimum absolute atomic E-state index is 0.0566. The third-order valence-electron chi connectivity index (χ3n) is 3.88. The number of aromatic nitrogens is 2. The predicted octanol–water partition coefficient (Wildman–Crippen LogP) is 0.880. The average molecular weight is 301 g/mol. The maximum atomic E-state index is 12.0. The molecule has 0 unspecified atom stereocenters. The van der Waals surface area contributed by atoms with Gasteiger partial charge in [-0.1, -0.05) is 12.1 Å². The van der Waals surface area contributed by atoms with Gasteiger partial charge in [-0.05, 0) is 19.8 Å². The SMILES string of the molecule is CCCS(=O)(=O)N1C[C@@H]2C[C@@H](c3nc(C)no3)O[C@@H]2C1. The third kappa shape index (κ3) is 2.47. The van der Waals surface area contributed by atoms with E-state index in [2.05, 4.69) is 10.1 Å². The molecule has 0 saturated carbocycles. The molecule has 2 aliphatic heterocycles. The average Bonchev–Trinajstić information content (AvgIpc) is 3.00. The van der Waals surface area contributed by atoms with E-state index in [1.807, 2.05) is 6.92 Å². The molecule has 1 aromatic heterocycles. The van der Waals surface area contributed by atoms with Crippen LogP contribution in [0.2, 0.25) is 0 Å². The van der Waals surface area contributed by atoms with E-state index in [9.17, 15) is 8.42 Å². The maximum absolute atomic E-state index is 12.0. The summed E-state index contributed by atoms with van der Waals surface area (Å²) >= 11 is 0. The smallest absolute Gasteiger partial charge is 0.255 e. The van der Waals surface area contributed by atoms with E-state index in [0.717, 1.165) is 6.42 Å². The molecule has 0 N–H and O–H groups in total. The summed E-state index contributed by atoms with van der Waals surface area (Å²) in [5, 5.41) is 3.76. The molecule has 20 heavy (non-hydrogen) atoms. The molecular formula is C12H19N3O4S. The molecule has 2 saturated heterocycles. The summed E-state index contributed by atoms with van der Waals surface area (Å²) in [6, 6.07) is 0. The summed E-state index contributed by atoms with van der Waals surface area (Å²) < 4.78 is 36.7. The number of aryl methyl sites for hydroxylation is 1. The molecule has 0 bridgehead atoms. The van der Waals surface area contributed by atoms with Crippen LogP contribution in [0, 0.1) is 12.8 Å². The summed E-state index contributed by atoms with van der Waals surface area (Å²) in [6.45, 7) is 4.62. The van der Waals surface area contributed by atoms with E-state index in [0.29, 0.717) is 31.2 Å². The molecule has 112 valence electrons. The van der Waals surface area contributed by atoms with Gasteiger partial charge in [0, 0.05) is 19.0 Å². The number of rotatable bonds is 4. The monoisotopic (exact) mass is 301 g/mol. The van der Waals surface area contributed by atoms with Crippen molar-refractivity contribution in [2.45, 2.75) is 38.9 Å². The molecular weight excluding hydrogens is 282 g/mol. The lowest BCUT2D eigenvalue weighted by Gasteiger charge is -2.17. The zero-order chi connectivity index (χ0) is 14.3. The van der Waals surface area contributed by atoms with E-state index in [4.69, 9.17) is 9.26 Å². The summed E-state index contributed by atoms with van der Waals surface area (Å²) in [5.41, 5.74) is 0. The number of ether oxygens (including phenoxy) is 1. The van der Waals surface area contributed by atoms with Crippen LogP contribution in [0.1, 0.15) is 37.6 Å². The van der Waals surface area contributed by atoms with Gasteiger partial charge >= 0.3 is 0 Å². The minimum Gasteiger partial charge on any atom is -0.363 e. The van der Waals surface area contributed by atoms with Crippen molar-refractivity contribution in [2.75, 3.05) is 18.8 Å². The first-order valence-electron chi connectivity index (χ1n) is 6.93. The Morgan fingerprint density at radius 3 is 2.80 bits per heavy atom. The largest absolute Gasteiger partial charge is 0.363 e. The van der Waals surface area contributed by atoms with Gasteiger partial charge in [0.15, 0.2) is 5.82 Å². The first kappa shape index (κ1) is 14.0. The zero-order valence-corrected chi connectivity index (χ0v) is 12.5. The topological polar surface area (TPSA) is 85.5 Å². The Hall–Kier alpha value is -0.990. The van der Waals surface area contributed by atoms with Gasteiger partial charge < -0.3 is 9.26 Å². The van der Waals surface area contributed by atoms with Gasteiger partial charge in [0.1, 0.15) is 6.10 Å². The molecule has 8 heteroatoms. The Labute approximate surface area is 118 Å². The molecule has 0 spiro atoms. The number of hydrogen-bond acceptors (Lipinski definition) is 6. The highest BCUT2D eigenvalue weighted by molar-refractivity contribution is 7.89. The van der Waals surface area contributed by atoms with Gasteiger partial charge in [-0.2, -0.15) is 9.29 Å². The van der Waals surface area contributed by atoms with Crippen molar-refractivity contribution in [2.24, 2.45) is 5.92 Å². The minimum atomic E-state index is -3.13. The Morgan fingerprint density at radius 1 is 1.40 bits per heavy atom.